The standard InChI is InChI=1S/C8H5F5N2O3S/c9-7(10,8(11,12)13)6(18)14-1-4-15-3(2-19-4)5(16)17/h2H,1H2,(H,14,18)(H,16,17). The highest BCUT2D eigenvalue weighted by atomic mass is 32.1. The zero-order chi connectivity index (χ0) is 14.8. The first-order chi connectivity index (χ1) is 8.55. The van der Waals surface area contributed by atoms with Gasteiger partial charge in [0.25, 0.3) is 0 Å². The maximum absolute atomic E-state index is 12.5. The van der Waals surface area contributed by atoms with Gasteiger partial charge in [-0.2, -0.15) is 22.0 Å². The molecule has 1 amide bonds. The summed E-state index contributed by atoms with van der Waals surface area (Å²) in [6, 6.07) is 0. The summed E-state index contributed by atoms with van der Waals surface area (Å²) < 4.78 is 60.5. The Kier molecular flexibility index (Phi) is 4.08. The molecular weight excluding hydrogens is 299 g/mol. The quantitative estimate of drug-likeness (QED) is 0.829. The van der Waals surface area contributed by atoms with Gasteiger partial charge in [0.2, 0.25) is 0 Å². The summed E-state index contributed by atoms with van der Waals surface area (Å²) >= 11 is 0.705. The molecule has 19 heavy (non-hydrogen) atoms. The number of thiazole rings is 1. The molecule has 11 heteroatoms. The molecule has 0 aliphatic rings. The summed E-state index contributed by atoms with van der Waals surface area (Å²) in [5, 5.41) is 10.8. The maximum Gasteiger partial charge on any atom is 0.463 e. The summed E-state index contributed by atoms with van der Waals surface area (Å²) in [7, 11) is 0. The first-order valence-corrected chi connectivity index (χ1v) is 5.34. The molecule has 0 atom stereocenters. The highest BCUT2D eigenvalue weighted by Crippen LogP contribution is 2.35. The second-order valence-corrected chi connectivity index (χ2v) is 4.13. The van der Waals surface area contributed by atoms with Crippen LogP contribution in [0.3, 0.4) is 0 Å². The first-order valence-electron chi connectivity index (χ1n) is 4.46. The average molecular weight is 304 g/mol. The lowest BCUT2D eigenvalue weighted by molar-refractivity contribution is -0.269. The number of halogens is 5. The molecule has 0 saturated heterocycles. The fourth-order valence-corrected chi connectivity index (χ4v) is 1.59. The number of alkyl halides is 5. The van der Waals surface area contributed by atoms with Crippen LogP contribution >= 0.6 is 11.3 Å². The van der Waals surface area contributed by atoms with Crippen LogP contribution < -0.4 is 5.32 Å². The third-order valence-corrected chi connectivity index (χ3v) is 2.66. The number of hydrogen-bond donors (Lipinski definition) is 2. The van der Waals surface area contributed by atoms with Crippen molar-refractivity contribution in [3.8, 4) is 0 Å². The minimum atomic E-state index is -5.99. The number of nitrogens with zero attached hydrogens (tertiary/aromatic N) is 1. The predicted octanol–water partition coefficient (Wildman–Crippen LogP) is 1.66. The highest BCUT2D eigenvalue weighted by molar-refractivity contribution is 7.09. The molecule has 1 rings (SSSR count). The van der Waals surface area contributed by atoms with E-state index in [4.69, 9.17) is 5.11 Å². The molecule has 2 N–H and O–H groups in total. The smallest absolute Gasteiger partial charge is 0.463 e. The number of rotatable bonds is 4. The summed E-state index contributed by atoms with van der Waals surface area (Å²) in [5.41, 5.74) is -0.392. The molecule has 0 fully saturated rings. The van der Waals surface area contributed by atoms with E-state index in [0.717, 1.165) is 5.38 Å². The van der Waals surface area contributed by atoms with E-state index in [2.05, 4.69) is 4.98 Å². The monoisotopic (exact) mass is 304 g/mol. The number of carboxylic acid groups (broad SMARTS) is 1. The molecule has 0 unspecified atom stereocenters. The number of carbonyl (C=O) groups excluding carboxylic acids is 1. The van der Waals surface area contributed by atoms with Crippen LogP contribution in [0, 0.1) is 0 Å². The number of nitrogens with one attached hydrogen (secondary N) is 1. The van der Waals surface area contributed by atoms with Gasteiger partial charge in [0.05, 0.1) is 6.54 Å². The second kappa shape index (κ2) is 5.07. The van der Waals surface area contributed by atoms with Gasteiger partial charge in [-0.1, -0.05) is 0 Å². The van der Waals surface area contributed by atoms with E-state index in [-0.39, 0.29) is 5.01 Å². The van der Waals surface area contributed by atoms with Gasteiger partial charge < -0.3 is 10.4 Å². The molecule has 0 bridgehead atoms. The highest BCUT2D eigenvalue weighted by Gasteiger charge is 2.63. The van der Waals surface area contributed by atoms with Crippen molar-refractivity contribution in [3.63, 3.8) is 0 Å². The Morgan fingerprint density at radius 2 is 1.89 bits per heavy atom. The van der Waals surface area contributed by atoms with Crippen molar-refractivity contribution < 1.29 is 36.6 Å². The van der Waals surface area contributed by atoms with E-state index in [1.807, 2.05) is 0 Å². The molecule has 0 spiro atoms. The third kappa shape index (κ3) is 3.36. The Bertz CT molecular complexity index is 499. The third-order valence-electron chi connectivity index (χ3n) is 1.81. The van der Waals surface area contributed by atoms with Crippen LogP contribution in [0.5, 0.6) is 0 Å². The van der Waals surface area contributed by atoms with Gasteiger partial charge in [-0.3, -0.25) is 4.79 Å². The second-order valence-electron chi connectivity index (χ2n) is 3.19. The summed E-state index contributed by atoms with van der Waals surface area (Å²) in [6.07, 6.45) is -5.99. The van der Waals surface area contributed by atoms with Gasteiger partial charge in [-0.25, -0.2) is 9.78 Å². The molecule has 1 aromatic heterocycles. The Morgan fingerprint density at radius 1 is 1.32 bits per heavy atom. The van der Waals surface area contributed by atoms with E-state index in [0.29, 0.717) is 11.3 Å². The zero-order valence-corrected chi connectivity index (χ0v) is 9.61. The van der Waals surface area contributed by atoms with Gasteiger partial charge in [0, 0.05) is 5.38 Å². The normalized spacial score (nSPS) is 12.3. The average Bonchev–Trinajstić information content (AvgIpc) is 2.72. The molecule has 0 saturated carbocycles. The van der Waals surface area contributed by atoms with Crippen LogP contribution in [0.15, 0.2) is 5.38 Å². The molecule has 1 aromatic rings. The van der Waals surface area contributed by atoms with Gasteiger partial charge >= 0.3 is 24.0 Å². The zero-order valence-electron chi connectivity index (χ0n) is 8.79. The van der Waals surface area contributed by atoms with Crippen molar-refractivity contribution in [2.75, 3.05) is 0 Å². The number of carboxylic acids is 1. The molecular formula is C8H5F5N2O3S. The molecule has 106 valence electrons. The van der Waals surface area contributed by atoms with E-state index >= 15 is 0 Å². The Morgan fingerprint density at radius 3 is 2.32 bits per heavy atom. The van der Waals surface area contributed by atoms with Crippen molar-refractivity contribution in [1.29, 1.82) is 0 Å². The fourth-order valence-electron chi connectivity index (χ4n) is 0.886. The fraction of sp³-hybridized carbons (Fsp3) is 0.375. The summed E-state index contributed by atoms with van der Waals surface area (Å²) in [6.45, 7) is -0.720. The molecule has 0 radical (unpaired) electrons. The SMILES string of the molecule is O=C(O)c1csc(CNC(=O)C(F)(F)C(F)(F)F)n1. The van der Waals surface area contributed by atoms with Crippen LogP contribution in [0.4, 0.5) is 22.0 Å². The van der Waals surface area contributed by atoms with Gasteiger partial charge in [0.15, 0.2) is 5.69 Å². The Balaban J connectivity index is 2.66. The van der Waals surface area contributed by atoms with E-state index in [9.17, 15) is 31.5 Å². The van der Waals surface area contributed by atoms with E-state index in [1.165, 1.54) is 5.32 Å². The number of amides is 1. The largest absolute Gasteiger partial charge is 0.476 e. The molecule has 0 aromatic carbocycles. The van der Waals surface area contributed by atoms with E-state index in [1.54, 1.807) is 0 Å². The number of aromatic carboxylic acids is 1. The van der Waals surface area contributed by atoms with Crippen LogP contribution in [-0.4, -0.2) is 34.1 Å². The Labute approximate surface area is 106 Å². The van der Waals surface area contributed by atoms with Gasteiger partial charge in [0.1, 0.15) is 5.01 Å². The van der Waals surface area contributed by atoms with E-state index < -0.39 is 36.2 Å². The Hall–Kier alpha value is -1.78. The minimum Gasteiger partial charge on any atom is -0.476 e. The topological polar surface area (TPSA) is 79.3 Å². The minimum absolute atomic E-state index is 0.108. The number of carbonyl (C=O) groups is 2. The first kappa shape index (κ1) is 15.3. The maximum atomic E-state index is 12.5. The lowest BCUT2D eigenvalue weighted by Crippen LogP contribution is -2.50. The van der Waals surface area contributed by atoms with Gasteiger partial charge in [-0.05, 0) is 0 Å². The summed E-state index contributed by atoms with van der Waals surface area (Å²) in [5.74, 6) is -9.42. The lowest BCUT2D eigenvalue weighted by atomic mass is 10.3. The summed E-state index contributed by atoms with van der Waals surface area (Å²) in [4.78, 5) is 24.5. The van der Waals surface area contributed by atoms with Crippen LogP contribution in [-0.2, 0) is 11.3 Å². The van der Waals surface area contributed by atoms with Crippen LogP contribution in [0.2, 0.25) is 0 Å². The van der Waals surface area contributed by atoms with Crippen LogP contribution in [0.25, 0.3) is 0 Å². The lowest BCUT2D eigenvalue weighted by Gasteiger charge is -2.18. The van der Waals surface area contributed by atoms with Crippen LogP contribution in [0.1, 0.15) is 15.5 Å². The van der Waals surface area contributed by atoms with Crippen molar-refractivity contribution >= 4 is 23.2 Å². The molecule has 5 nitrogen and oxygen atoms in total. The predicted molar refractivity (Wildman–Crippen MR) is 51.9 cm³/mol. The van der Waals surface area contributed by atoms with Crippen molar-refractivity contribution in [3.05, 3.63) is 16.1 Å². The number of aromatic nitrogens is 1. The van der Waals surface area contributed by atoms with Gasteiger partial charge in [-0.15, -0.1) is 11.3 Å². The molecule has 1 heterocycles. The van der Waals surface area contributed by atoms with Crippen molar-refractivity contribution in [2.45, 2.75) is 18.6 Å². The van der Waals surface area contributed by atoms with Crippen molar-refractivity contribution in [1.82, 2.24) is 10.3 Å². The number of hydrogen-bond acceptors (Lipinski definition) is 4. The molecule has 0 aliphatic carbocycles. The van der Waals surface area contributed by atoms with Crippen molar-refractivity contribution in [2.24, 2.45) is 0 Å². The molecule has 0 aliphatic heterocycles.